The van der Waals surface area contributed by atoms with E-state index in [0.717, 1.165) is 61.6 Å². The van der Waals surface area contributed by atoms with Gasteiger partial charge in [-0.3, -0.25) is 0 Å². The Morgan fingerprint density at radius 1 is 0.361 bits per heavy atom. The summed E-state index contributed by atoms with van der Waals surface area (Å²) in [6, 6.07) is 11.9. The first kappa shape index (κ1) is 26.2. The summed E-state index contributed by atoms with van der Waals surface area (Å²) in [7, 11) is 0. The molecule has 0 fully saturated rings. The van der Waals surface area contributed by atoms with Gasteiger partial charge < -0.3 is 0 Å². The molecule has 6 aromatic rings. The van der Waals surface area contributed by atoms with Crippen LogP contribution in [0, 0.1) is 0 Å². The fraction of sp³-hybridized carbons (Fsp3) is 0. The molecule has 0 N–H and O–H groups in total. The van der Waals surface area contributed by atoms with Crippen LogP contribution in [-0.2, 0) is 0 Å². The molecule has 36 heavy (non-hydrogen) atoms. The van der Waals surface area contributed by atoms with E-state index in [0.29, 0.717) is 17.3 Å². The van der Waals surface area contributed by atoms with Crippen LogP contribution in [-0.4, -0.2) is 0 Å². The summed E-state index contributed by atoms with van der Waals surface area (Å²) in [5, 5.41) is 4.08. The van der Waals surface area contributed by atoms with Crippen molar-refractivity contribution in [3.63, 3.8) is 0 Å². The monoisotopic (exact) mass is 698 g/mol. The molecule has 0 aliphatic rings. The summed E-state index contributed by atoms with van der Waals surface area (Å²) in [5.74, 6) is 0. The molecule has 0 unspecified atom stereocenters. The fourth-order valence-corrected chi connectivity index (χ4v) is 10.9. The molecule has 0 aliphatic heterocycles. The van der Waals surface area contributed by atoms with Crippen molar-refractivity contribution in [3.05, 3.63) is 73.2 Å². The molecule has 0 nitrogen and oxygen atoms in total. The Kier molecular flexibility index (Phi) is 7.63. The number of thiophene rings is 6. The van der Waals surface area contributed by atoms with Gasteiger partial charge in [0, 0.05) is 33.0 Å². The third kappa shape index (κ3) is 4.99. The Labute approximate surface area is 260 Å². The maximum atomic E-state index is 6.62. The van der Waals surface area contributed by atoms with E-state index in [2.05, 4.69) is 0 Å². The molecule has 0 aliphatic carbocycles. The van der Waals surface area contributed by atoms with Crippen molar-refractivity contribution in [2.45, 2.75) is 0 Å². The van der Waals surface area contributed by atoms with Gasteiger partial charge in [0.15, 0.2) is 0 Å². The van der Waals surface area contributed by atoms with Crippen LogP contribution in [0.5, 0.6) is 0 Å². The molecule has 0 atom stereocenters. The Morgan fingerprint density at radius 2 is 0.667 bits per heavy atom. The first-order valence-corrected chi connectivity index (χ1v) is 17.2. The van der Waals surface area contributed by atoms with Gasteiger partial charge in [0.2, 0.25) is 0 Å². The van der Waals surface area contributed by atoms with E-state index in [4.69, 9.17) is 69.6 Å². The highest BCUT2D eigenvalue weighted by atomic mass is 35.5. The lowest BCUT2D eigenvalue weighted by Gasteiger charge is -2.07. The second-order valence-corrected chi connectivity index (χ2v) is 17.3. The quantitative estimate of drug-likeness (QED) is 0.168. The predicted octanol–water partition coefficient (Wildman–Crippen LogP) is 14.3. The lowest BCUT2D eigenvalue weighted by atomic mass is 10.0. The van der Waals surface area contributed by atoms with E-state index in [1.54, 1.807) is 0 Å². The van der Waals surface area contributed by atoms with Crippen molar-refractivity contribution in [2.24, 2.45) is 0 Å². The zero-order valence-electron chi connectivity index (χ0n) is 17.3. The molecule has 0 bridgehead atoms. The second kappa shape index (κ2) is 10.5. The van der Waals surface area contributed by atoms with E-state index in [-0.39, 0.29) is 0 Å². The highest BCUT2D eigenvalue weighted by molar-refractivity contribution is 7.28. The minimum absolute atomic E-state index is 0.682. The average Bonchev–Trinajstić information content (AvgIpc) is 3.62. The third-order valence-corrected chi connectivity index (χ3v) is 12.8. The lowest BCUT2D eigenvalue weighted by Crippen LogP contribution is -1.81. The molecule has 0 amide bonds. The second-order valence-electron chi connectivity index (χ2n) is 7.45. The van der Waals surface area contributed by atoms with Crippen LogP contribution in [0.25, 0.3) is 52.9 Å². The van der Waals surface area contributed by atoms with E-state index < -0.39 is 0 Å². The molecule has 6 aromatic heterocycles. The molecular formula is C24H8Cl6S6. The van der Waals surface area contributed by atoms with Gasteiger partial charge in [0.25, 0.3) is 0 Å². The summed E-state index contributed by atoms with van der Waals surface area (Å²) < 4.78 is 4.21. The van der Waals surface area contributed by atoms with Gasteiger partial charge in [-0.05, 0) is 47.5 Å². The van der Waals surface area contributed by atoms with Gasteiger partial charge in [-0.25, -0.2) is 0 Å². The van der Waals surface area contributed by atoms with Crippen LogP contribution in [0.2, 0.25) is 26.0 Å². The summed E-state index contributed by atoms with van der Waals surface area (Å²) in [4.78, 5) is 4.16. The molecule has 0 saturated carbocycles. The molecule has 6 rings (SSSR count). The van der Waals surface area contributed by atoms with Gasteiger partial charge in [-0.1, -0.05) is 69.6 Å². The minimum Gasteiger partial charge on any atom is -0.131 e. The molecule has 12 heteroatoms. The van der Waals surface area contributed by atoms with Crippen LogP contribution >= 0.6 is 138 Å². The van der Waals surface area contributed by atoms with Crippen LogP contribution < -0.4 is 0 Å². The molecule has 6 heterocycles. The van der Waals surface area contributed by atoms with Crippen molar-refractivity contribution in [3.8, 4) is 52.9 Å². The molecule has 0 aromatic carbocycles. The largest absolute Gasteiger partial charge is 0.131 e. The molecular weight excluding hydrogens is 693 g/mol. The van der Waals surface area contributed by atoms with Crippen LogP contribution in [0.4, 0.5) is 0 Å². The predicted molar refractivity (Wildman–Crippen MR) is 171 cm³/mol. The van der Waals surface area contributed by atoms with E-state index in [1.807, 2.05) is 47.2 Å². The summed E-state index contributed by atoms with van der Waals surface area (Å²) >= 11 is 47.9. The highest BCUT2D eigenvalue weighted by Gasteiger charge is 2.25. The van der Waals surface area contributed by atoms with Gasteiger partial charge in [-0.15, -0.1) is 68.0 Å². The summed E-state index contributed by atoms with van der Waals surface area (Å²) in [6.07, 6.45) is 0. The summed E-state index contributed by atoms with van der Waals surface area (Å²) in [6.45, 7) is 0. The van der Waals surface area contributed by atoms with Gasteiger partial charge >= 0.3 is 0 Å². The van der Waals surface area contributed by atoms with Crippen molar-refractivity contribution < 1.29 is 0 Å². The first-order chi connectivity index (χ1) is 17.3. The van der Waals surface area contributed by atoms with Crippen molar-refractivity contribution in [1.82, 2.24) is 0 Å². The maximum absolute atomic E-state index is 6.62. The number of hydrogen-bond donors (Lipinski definition) is 0. The zero-order valence-corrected chi connectivity index (χ0v) is 26.8. The van der Waals surface area contributed by atoms with Crippen molar-refractivity contribution in [2.75, 3.05) is 0 Å². The molecule has 0 spiro atoms. The standard InChI is InChI=1S/C24H8Cl6S6/c25-15-1-9(7-31-15)11-3-17(27)33-21(11)23-13(5-19(29)35-23)14-6-20(30)36-24(14)22-12(4-18(28)34-22)10-2-16(26)32-8-10/h1-8H. The maximum Gasteiger partial charge on any atom is 0.0941 e. The van der Waals surface area contributed by atoms with Gasteiger partial charge in [0.05, 0.1) is 45.5 Å². The van der Waals surface area contributed by atoms with Crippen LogP contribution in [0.1, 0.15) is 0 Å². The Balaban J connectivity index is 1.55. The highest BCUT2D eigenvalue weighted by Crippen LogP contribution is 2.55. The first-order valence-electron chi connectivity index (χ1n) is 9.94. The fourth-order valence-electron chi connectivity index (χ4n) is 3.85. The van der Waals surface area contributed by atoms with Crippen molar-refractivity contribution in [1.29, 1.82) is 0 Å². The smallest absolute Gasteiger partial charge is 0.0941 e. The SMILES string of the molecule is Clc1cc(-c2cc(Cl)sc2-c2sc(Cl)cc2-c2cc(Cl)sc2-c2sc(Cl)cc2-c2csc(Cl)c2)cs1. The van der Waals surface area contributed by atoms with E-state index >= 15 is 0 Å². The lowest BCUT2D eigenvalue weighted by molar-refractivity contribution is 1.77. The third-order valence-electron chi connectivity index (χ3n) is 5.27. The normalized spacial score (nSPS) is 11.6. The topological polar surface area (TPSA) is 0 Å². The van der Waals surface area contributed by atoms with Gasteiger partial charge in [-0.2, -0.15) is 0 Å². The van der Waals surface area contributed by atoms with E-state index in [9.17, 15) is 0 Å². The Morgan fingerprint density at radius 3 is 0.972 bits per heavy atom. The molecule has 182 valence electrons. The van der Waals surface area contributed by atoms with E-state index in [1.165, 1.54) is 68.0 Å². The summed E-state index contributed by atoms with van der Waals surface area (Å²) in [5.41, 5.74) is 6.13. The zero-order chi connectivity index (χ0) is 25.1. The van der Waals surface area contributed by atoms with Crippen LogP contribution in [0.3, 0.4) is 0 Å². The Bertz CT molecular complexity index is 1600. The minimum atomic E-state index is 0.682. The molecule has 0 radical (unpaired) electrons. The van der Waals surface area contributed by atoms with Crippen molar-refractivity contribution >= 4 is 138 Å². The number of halogens is 6. The van der Waals surface area contributed by atoms with Crippen LogP contribution in [0.15, 0.2) is 47.2 Å². The molecule has 0 saturated heterocycles. The van der Waals surface area contributed by atoms with Gasteiger partial charge in [0.1, 0.15) is 0 Å². The number of rotatable bonds is 5. The average molecular weight is 701 g/mol. The number of hydrogen-bond acceptors (Lipinski definition) is 6. The Hall–Kier alpha value is -0.0600.